The fourth-order valence-corrected chi connectivity index (χ4v) is 3.53. The molecule has 126 valence electrons. The van der Waals surface area contributed by atoms with Crippen molar-refractivity contribution in [3.8, 4) is 0 Å². The van der Waals surface area contributed by atoms with Gasteiger partial charge in [-0.2, -0.15) is 13.2 Å². The van der Waals surface area contributed by atoms with Crippen molar-refractivity contribution in [1.82, 2.24) is 19.1 Å². The Morgan fingerprint density at radius 1 is 1.35 bits per heavy atom. The molecule has 1 saturated heterocycles. The van der Waals surface area contributed by atoms with E-state index in [4.69, 9.17) is 35.4 Å². The molecule has 2 aromatic heterocycles. The van der Waals surface area contributed by atoms with Crippen molar-refractivity contribution < 1.29 is 13.2 Å². The molecule has 0 N–H and O–H groups in total. The van der Waals surface area contributed by atoms with E-state index in [9.17, 15) is 13.2 Å². The van der Waals surface area contributed by atoms with Crippen molar-refractivity contribution in [2.45, 2.75) is 25.7 Å². The maximum Gasteiger partial charge on any atom is 0.393 e. The first-order chi connectivity index (χ1) is 10.8. The average Bonchev–Trinajstić information content (AvgIpc) is 2.76. The van der Waals surface area contributed by atoms with Crippen molar-refractivity contribution in [3.05, 3.63) is 27.1 Å². The summed E-state index contributed by atoms with van der Waals surface area (Å²) in [6.07, 6.45) is -1.92. The van der Waals surface area contributed by atoms with Gasteiger partial charge in [0.25, 0.3) is 0 Å². The van der Waals surface area contributed by atoms with E-state index < -0.39 is 12.1 Å². The van der Waals surface area contributed by atoms with Gasteiger partial charge in [0.1, 0.15) is 0 Å². The van der Waals surface area contributed by atoms with E-state index in [1.807, 2.05) is 0 Å². The number of halogens is 5. The Kier molecular flexibility index (Phi) is 4.61. The SMILES string of the molecule is FC(F)(F)[C@@H]1CCCN(Cn2nc3c(Cl)cc(Cl)cn3c2=S)C1. The van der Waals surface area contributed by atoms with Crippen LogP contribution < -0.4 is 0 Å². The minimum absolute atomic E-state index is 0.0480. The topological polar surface area (TPSA) is 25.5 Å². The van der Waals surface area contributed by atoms with Crippen LogP contribution in [-0.2, 0) is 6.67 Å². The van der Waals surface area contributed by atoms with Crippen molar-refractivity contribution in [1.29, 1.82) is 0 Å². The van der Waals surface area contributed by atoms with E-state index >= 15 is 0 Å². The van der Waals surface area contributed by atoms with Gasteiger partial charge in [-0.25, -0.2) is 4.68 Å². The molecular formula is C13H13Cl2F3N4S. The molecule has 1 aliphatic heterocycles. The largest absolute Gasteiger partial charge is 0.393 e. The lowest BCUT2D eigenvalue weighted by Gasteiger charge is -2.33. The normalized spacial score (nSPS) is 20.3. The Morgan fingerprint density at radius 3 is 2.78 bits per heavy atom. The lowest BCUT2D eigenvalue weighted by Crippen LogP contribution is -2.42. The third kappa shape index (κ3) is 3.50. The highest BCUT2D eigenvalue weighted by atomic mass is 35.5. The molecule has 0 aromatic carbocycles. The minimum Gasteiger partial charge on any atom is -0.284 e. The quantitative estimate of drug-likeness (QED) is 0.717. The predicted octanol–water partition coefficient (Wildman–Crippen LogP) is 4.40. The molecule has 3 rings (SSSR count). The smallest absolute Gasteiger partial charge is 0.284 e. The van der Waals surface area contributed by atoms with E-state index in [-0.39, 0.29) is 19.6 Å². The number of alkyl halides is 3. The van der Waals surface area contributed by atoms with Crippen molar-refractivity contribution >= 4 is 41.1 Å². The van der Waals surface area contributed by atoms with E-state index in [2.05, 4.69) is 5.10 Å². The fraction of sp³-hybridized carbons (Fsp3) is 0.538. The molecule has 1 aliphatic rings. The maximum absolute atomic E-state index is 12.9. The third-order valence-electron chi connectivity index (χ3n) is 3.90. The zero-order chi connectivity index (χ0) is 16.8. The van der Waals surface area contributed by atoms with Gasteiger partial charge in [0.05, 0.1) is 22.6 Å². The summed E-state index contributed by atoms with van der Waals surface area (Å²) in [5.41, 5.74) is 0.436. The van der Waals surface area contributed by atoms with Crippen LogP contribution in [0.3, 0.4) is 0 Å². The van der Waals surface area contributed by atoms with Gasteiger partial charge in [0.15, 0.2) is 5.65 Å². The standard InChI is InChI=1S/C13H13Cl2F3N4S/c14-9-4-10(15)11-19-22(12(23)21(11)6-9)7-20-3-1-2-8(5-20)13(16,17)18/h4,6,8H,1-3,5,7H2/t8-/m1/s1. The van der Waals surface area contributed by atoms with Crippen LogP contribution in [0, 0.1) is 10.7 Å². The van der Waals surface area contributed by atoms with Crippen LogP contribution in [0.5, 0.6) is 0 Å². The molecule has 10 heteroatoms. The average molecular weight is 385 g/mol. The van der Waals surface area contributed by atoms with Gasteiger partial charge in [-0.3, -0.25) is 9.30 Å². The summed E-state index contributed by atoms with van der Waals surface area (Å²) in [4.78, 5) is 1.71. The molecule has 1 fully saturated rings. The molecular weight excluding hydrogens is 372 g/mol. The molecule has 0 saturated carbocycles. The van der Waals surface area contributed by atoms with Gasteiger partial charge in [0.2, 0.25) is 4.77 Å². The highest BCUT2D eigenvalue weighted by Crippen LogP contribution is 2.33. The van der Waals surface area contributed by atoms with Crippen LogP contribution >= 0.6 is 35.4 Å². The molecule has 0 bridgehead atoms. The van der Waals surface area contributed by atoms with Crippen LogP contribution in [0.25, 0.3) is 5.65 Å². The summed E-state index contributed by atoms with van der Waals surface area (Å²) in [5, 5.41) is 5.05. The highest BCUT2D eigenvalue weighted by molar-refractivity contribution is 7.71. The van der Waals surface area contributed by atoms with Crippen molar-refractivity contribution in [2.24, 2.45) is 5.92 Å². The van der Waals surface area contributed by atoms with Gasteiger partial charge in [-0.05, 0) is 37.7 Å². The van der Waals surface area contributed by atoms with Crippen LogP contribution in [0.1, 0.15) is 12.8 Å². The first kappa shape index (κ1) is 17.0. The van der Waals surface area contributed by atoms with Crippen LogP contribution in [-0.4, -0.2) is 38.3 Å². The molecule has 23 heavy (non-hydrogen) atoms. The van der Waals surface area contributed by atoms with E-state index in [0.717, 1.165) is 0 Å². The second kappa shape index (κ2) is 6.23. The second-order valence-electron chi connectivity index (χ2n) is 5.58. The third-order valence-corrected chi connectivity index (χ3v) is 4.80. The van der Waals surface area contributed by atoms with Crippen molar-refractivity contribution in [3.63, 3.8) is 0 Å². The molecule has 0 aliphatic carbocycles. The molecule has 4 nitrogen and oxygen atoms in total. The number of aromatic nitrogens is 3. The number of fused-ring (bicyclic) bond motifs is 1. The Balaban J connectivity index is 1.86. The predicted molar refractivity (Wildman–Crippen MR) is 84.4 cm³/mol. The number of hydrogen-bond acceptors (Lipinski definition) is 3. The molecule has 2 aromatic rings. The van der Waals surface area contributed by atoms with Gasteiger partial charge >= 0.3 is 6.18 Å². The highest BCUT2D eigenvalue weighted by Gasteiger charge is 2.41. The first-order valence-electron chi connectivity index (χ1n) is 6.99. The Bertz CT molecular complexity index is 786. The van der Waals surface area contributed by atoms with Crippen molar-refractivity contribution in [2.75, 3.05) is 13.1 Å². The summed E-state index contributed by atoms with van der Waals surface area (Å²) in [6, 6.07) is 1.55. The van der Waals surface area contributed by atoms with E-state index in [1.165, 1.54) is 4.68 Å². The maximum atomic E-state index is 12.9. The number of nitrogens with zero attached hydrogens (tertiary/aromatic N) is 4. The molecule has 3 heterocycles. The molecule has 0 spiro atoms. The summed E-state index contributed by atoms with van der Waals surface area (Å²) >= 11 is 17.3. The fourth-order valence-electron chi connectivity index (χ4n) is 2.78. The summed E-state index contributed by atoms with van der Waals surface area (Å²) < 4.78 is 42.1. The lowest BCUT2D eigenvalue weighted by atomic mass is 9.98. The van der Waals surface area contributed by atoms with Crippen LogP contribution in [0.2, 0.25) is 10.0 Å². The zero-order valence-corrected chi connectivity index (χ0v) is 14.2. The first-order valence-corrected chi connectivity index (χ1v) is 8.15. The van der Waals surface area contributed by atoms with Gasteiger partial charge in [-0.15, -0.1) is 5.10 Å². The number of pyridine rings is 1. The Hall–Kier alpha value is -0.830. The van der Waals surface area contributed by atoms with Gasteiger partial charge in [0, 0.05) is 12.7 Å². The number of hydrogen-bond donors (Lipinski definition) is 0. The van der Waals surface area contributed by atoms with E-state index in [1.54, 1.807) is 21.6 Å². The van der Waals surface area contributed by atoms with Crippen LogP contribution in [0.4, 0.5) is 13.2 Å². The van der Waals surface area contributed by atoms with E-state index in [0.29, 0.717) is 33.4 Å². The van der Waals surface area contributed by atoms with Gasteiger partial charge in [-0.1, -0.05) is 23.2 Å². The van der Waals surface area contributed by atoms with Gasteiger partial charge < -0.3 is 0 Å². The minimum atomic E-state index is -4.17. The summed E-state index contributed by atoms with van der Waals surface area (Å²) in [6.45, 7) is 0.728. The van der Waals surface area contributed by atoms with Crippen LogP contribution in [0.15, 0.2) is 12.3 Å². The number of rotatable bonds is 2. The zero-order valence-electron chi connectivity index (χ0n) is 11.9. The molecule has 0 unspecified atom stereocenters. The summed E-state index contributed by atoms with van der Waals surface area (Å²) in [7, 11) is 0. The molecule has 1 atom stereocenters. The number of likely N-dealkylation sites (tertiary alicyclic amines) is 1. The Labute approximate surface area is 145 Å². The monoisotopic (exact) mass is 384 g/mol. The summed E-state index contributed by atoms with van der Waals surface area (Å²) in [5.74, 6) is -1.31. The number of piperidine rings is 1. The Morgan fingerprint density at radius 2 is 2.09 bits per heavy atom. The lowest BCUT2D eigenvalue weighted by molar-refractivity contribution is -0.188. The molecule has 0 radical (unpaired) electrons. The second-order valence-corrected chi connectivity index (χ2v) is 6.79. The molecule has 0 amide bonds.